The van der Waals surface area contributed by atoms with Crippen LogP contribution in [0.4, 0.5) is 17.1 Å². The number of benzene rings is 4. The van der Waals surface area contributed by atoms with Crippen molar-refractivity contribution in [3.05, 3.63) is 118 Å². The number of hydrogen-bond acceptors (Lipinski definition) is 9. The van der Waals surface area contributed by atoms with E-state index in [0.29, 0.717) is 47.0 Å². The van der Waals surface area contributed by atoms with Crippen molar-refractivity contribution < 1.29 is 38.6 Å². The van der Waals surface area contributed by atoms with Gasteiger partial charge in [0.15, 0.2) is 5.60 Å². The highest BCUT2D eigenvalue weighted by atomic mass is 28.3. The lowest BCUT2D eigenvalue weighted by Gasteiger charge is -2.37. The van der Waals surface area contributed by atoms with E-state index in [2.05, 4.69) is 18.4 Å². The maximum absolute atomic E-state index is 15.2. The molecule has 3 aliphatic heterocycles. The summed E-state index contributed by atoms with van der Waals surface area (Å²) in [6, 6.07) is 26.0. The fourth-order valence-electron chi connectivity index (χ4n) is 9.24. The summed E-state index contributed by atoms with van der Waals surface area (Å²) < 4.78 is 17.7. The average Bonchev–Trinajstić information content (AvgIpc) is 3.88. The molecule has 13 nitrogen and oxygen atoms in total. The van der Waals surface area contributed by atoms with Gasteiger partial charge in [0, 0.05) is 41.4 Å². The van der Waals surface area contributed by atoms with Crippen LogP contribution in [-0.4, -0.2) is 80.2 Å². The Hall–Kier alpha value is -5.57. The number of aliphatic hydroxyl groups excluding tert-OH is 1. The van der Waals surface area contributed by atoms with Crippen LogP contribution in [0.2, 0.25) is 18.6 Å². The van der Waals surface area contributed by atoms with Gasteiger partial charge in [-0.15, -0.1) is 0 Å². The number of hydrogen-bond donors (Lipinski definition) is 2. The summed E-state index contributed by atoms with van der Waals surface area (Å²) in [6.07, 6.45) is 0.810. The highest BCUT2D eigenvalue weighted by Gasteiger charge is 2.67. The Morgan fingerprint density at radius 3 is 2.25 bits per heavy atom. The third-order valence-electron chi connectivity index (χ3n) is 12.2. The molecule has 3 amide bonds. The molecule has 0 unspecified atom stereocenters. The first kappa shape index (κ1) is 39.7. The molecule has 1 spiro atoms. The van der Waals surface area contributed by atoms with E-state index in [1.807, 2.05) is 43.3 Å². The number of methoxy groups -OCH3 is 2. The van der Waals surface area contributed by atoms with E-state index < -0.39 is 30.6 Å². The van der Waals surface area contributed by atoms with E-state index >= 15 is 4.79 Å². The summed E-state index contributed by atoms with van der Waals surface area (Å²) in [6.45, 7) is 6.93. The van der Waals surface area contributed by atoms with Gasteiger partial charge < -0.3 is 34.4 Å². The molecule has 57 heavy (non-hydrogen) atoms. The summed E-state index contributed by atoms with van der Waals surface area (Å²) in [7, 11) is 0.556. The molecule has 2 N–H and O–H groups in total. The van der Waals surface area contributed by atoms with Gasteiger partial charge in [-0.2, -0.15) is 0 Å². The molecule has 2 fully saturated rings. The van der Waals surface area contributed by atoms with Gasteiger partial charge in [0.25, 0.3) is 17.5 Å². The number of nitro benzene ring substituents is 1. The molecule has 0 saturated carbocycles. The highest BCUT2D eigenvalue weighted by molar-refractivity contribution is 6.91. The zero-order valence-electron chi connectivity index (χ0n) is 32.8. The predicted molar refractivity (Wildman–Crippen MR) is 218 cm³/mol. The number of likely N-dealkylation sites (tertiary alicyclic amines) is 1. The highest BCUT2D eigenvalue weighted by Crippen LogP contribution is 2.60. The van der Waals surface area contributed by atoms with Crippen LogP contribution in [0.15, 0.2) is 91.0 Å². The van der Waals surface area contributed by atoms with Gasteiger partial charge in [-0.1, -0.05) is 49.5 Å². The molecule has 5 atom stereocenters. The second kappa shape index (κ2) is 15.8. The van der Waals surface area contributed by atoms with Crippen LogP contribution in [-0.2, 0) is 26.5 Å². The van der Waals surface area contributed by atoms with Gasteiger partial charge >= 0.3 is 0 Å². The number of nitrogens with one attached hydrogen (secondary N) is 1. The van der Waals surface area contributed by atoms with Gasteiger partial charge in [0.2, 0.25) is 5.91 Å². The third kappa shape index (κ3) is 7.17. The molecule has 14 heteroatoms. The van der Waals surface area contributed by atoms with Crippen molar-refractivity contribution in [3.63, 3.8) is 0 Å². The van der Waals surface area contributed by atoms with E-state index in [9.17, 15) is 24.8 Å². The molecule has 3 aliphatic rings. The number of rotatable bonds is 12. The minimum atomic E-state index is -2.61. The van der Waals surface area contributed by atoms with Crippen LogP contribution in [0.25, 0.3) is 0 Å². The second-order valence-corrected chi connectivity index (χ2v) is 20.3. The van der Waals surface area contributed by atoms with Crippen LogP contribution < -0.4 is 24.9 Å². The van der Waals surface area contributed by atoms with Crippen LogP contribution in [0, 0.1) is 16.0 Å². The number of fused-ring (bicyclic) bond motifs is 2. The van der Waals surface area contributed by atoms with Crippen LogP contribution in [0.3, 0.4) is 0 Å². The Morgan fingerprint density at radius 2 is 1.63 bits per heavy atom. The zero-order valence-corrected chi connectivity index (χ0v) is 33.8. The maximum Gasteiger partial charge on any atom is 0.269 e. The number of ether oxygens (including phenoxy) is 3. The molecule has 0 bridgehead atoms. The number of non-ortho nitro benzene ring substituents is 1. The van der Waals surface area contributed by atoms with Crippen molar-refractivity contribution in [3.8, 4) is 11.5 Å². The van der Waals surface area contributed by atoms with Crippen molar-refractivity contribution in [2.45, 2.75) is 69.1 Å². The van der Waals surface area contributed by atoms with E-state index in [1.54, 1.807) is 66.5 Å². The van der Waals surface area contributed by atoms with Crippen LogP contribution >= 0.6 is 0 Å². The smallest absolute Gasteiger partial charge is 0.269 e. The van der Waals surface area contributed by atoms with E-state index in [-0.39, 0.29) is 54.6 Å². The van der Waals surface area contributed by atoms with E-state index in [1.165, 1.54) is 12.1 Å². The molecule has 4 aromatic carbocycles. The standard InChI is InChI=1S/C43H48N4O9Si/c1-27-40(57(4,5)35-19-17-34(55-3)18-20-35)38(24-39(49)45-22-6-7-32(45)26-48)56-43(27)36-23-31(47(52)53)14-21-37(36)46(42(43)51)25-28-8-12-30(13-9-28)44-41(50)29-10-15-33(54-2)16-11-29/h8-21,23,27,32,38,40,48H,6-7,22,24-26H2,1-5H3,(H,44,50)/t27-,32+,38+,40-,43+/m1/s1. The molecule has 0 aliphatic carbocycles. The molecule has 7 rings (SSSR count). The molecule has 2 saturated heterocycles. The number of nitrogens with zero attached hydrogens (tertiary/aromatic N) is 3. The Labute approximate surface area is 332 Å². The quantitative estimate of drug-likeness (QED) is 0.0997. The molecule has 0 radical (unpaired) electrons. The maximum atomic E-state index is 15.2. The van der Waals surface area contributed by atoms with Gasteiger partial charge in [0.05, 0.1) is 64.6 Å². The summed E-state index contributed by atoms with van der Waals surface area (Å²) >= 11 is 0. The summed E-state index contributed by atoms with van der Waals surface area (Å²) in [5.74, 6) is 0.0818. The number of amides is 3. The number of carbonyl (C=O) groups is 3. The SMILES string of the molecule is COc1ccc(C(=O)Nc2ccc(CN3C(=O)[C@@]4(O[C@@H](CC(=O)N5CCC[C@H]5CO)[C@H]([Si](C)(C)c5ccc(OC)cc5)[C@H]4C)c4cc([N+](=O)[O-])ccc43)cc2)cc1. The molecule has 3 heterocycles. The van der Waals surface area contributed by atoms with Crippen molar-refractivity contribution in [2.75, 3.05) is 37.6 Å². The Morgan fingerprint density at radius 1 is 0.982 bits per heavy atom. The van der Waals surface area contributed by atoms with Gasteiger partial charge in [-0.3, -0.25) is 24.5 Å². The topological polar surface area (TPSA) is 161 Å². The summed E-state index contributed by atoms with van der Waals surface area (Å²) in [4.78, 5) is 57.3. The lowest BCUT2D eigenvalue weighted by molar-refractivity contribution is -0.385. The monoisotopic (exact) mass is 792 g/mol. The number of nitro groups is 1. The fourth-order valence-corrected chi connectivity index (χ4v) is 13.2. The van der Waals surface area contributed by atoms with Crippen molar-refractivity contribution in [1.82, 2.24) is 4.90 Å². The minimum absolute atomic E-state index is 0.00108. The lowest BCUT2D eigenvalue weighted by atomic mass is 9.82. The first-order valence-corrected chi connectivity index (χ1v) is 22.3. The first-order valence-electron chi connectivity index (χ1n) is 19.2. The minimum Gasteiger partial charge on any atom is -0.497 e. The molecule has 0 aromatic heterocycles. The van der Waals surface area contributed by atoms with Crippen molar-refractivity contribution >= 4 is 48.0 Å². The second-order valence-electron chi connectivity index (χ2n) is 15.7. The fraction of sp³-hybridized carbons (Fsp3) is 0.372. The predicted octanol–water partition coefficient (Wildman–Crippen LogP) is 6.00. The van der Waals surface area contributed by atoms with E-state index in [4.69, 9.17) is 14.2 Å². The van der Waals surface area contributed by atoms with Crippen LogP contribution in [0.5, 0.6) is 11.5 Å². The van der Waals surface area contributed by atoms with Crippen molar-refractivity contribution in [2.24, 2.45) is 5.92 Å². The van der Waals surface area contributed by atoms with Gasteiger partial charge in [-0.05, 0) is 78.5 Å². The van der Waals surface area contributed by atoms with E-state index in [0.717, 1.165) is 17.2 Å². The Balaban J connectivity index is 1.23. The van der Waals surface area contributed by atoms with Gasteiger partial charge in [0.1, 0.15) is 11.5 Å². The van der Waals surface area contributed by atoms with Crippen LogP contribution in [0.1, 0.15) is 47.7 Å². The Bertz CT molecular complexity index is 2160. The molecule has 298 valence electrons. The molecule has 4 aromatic rings. The lowest BCUT2D eigenvalue weighted by Crippen LogP contribution is -2.52. The zero-order chi connectivity index (χ0) is 40.6. The Kier molecular flexibility index (Phi) is 11.0. The third-order valence-corrected chi connectivity index (χ3v) is 16.6. The first-order chi connectivity index (χ1) is 27.3. The van der Waals surface area contributed by atoms with Crippen molar-refractivity contribution in [1.29, 1.82) is 0 Å². The average molecular weight is 793 g/mol. The number of anilines is 2. The summed E-state index contributed by atoms with van der Waals surface area (Å²) in [5, 5.41) is 26.2. The normalized spacial score (nSPS) is 22.8. The van der Waals surface area contributed by atoms with Gasteiger partial charge in [-0.25, -0.2) is 0 Å². The number of aliphatic hydroxyl groups is 1. The molecular formula is C43H48N4O9Si. The molecular weight excluding hydrogens is 745 g/mol. The largest absolute Gasteiger partial charge is 0.497 e. The number of carbonyl (C=O) groups excluding carboxylic acids is 3. The summed E-state index contributed by atoms with van der Waals surface area (Å²) in [5.41, 5.74) is 0.662.